The number of methoxy groups -OCH3 is 3. The number of carbonyl (C=O) groups excluding carboxylic acids is 1. The summed E-state index contributed by atoms with van der Waals surface area (Å²) in [5.74, 6) is 0.750. The fraction of sp³-hybridized carbons (Fsp3) is 0.188. The molecule has 0 aliphatic rings. The molecule has 4 aromatic rings. The summed E-state index contributed by atoms with van der Waals surface area (Å²) >= 11 is 15.6. The lowest BCUT2D eigenvalue weighted by Gasteiger charge is -2.25. The summed E-state index contributed by atoms with van der Waals surface area (Å²) in [5, 5.41) is 4.90. The molecule has 0 aliphatic heterocycles. The number of carbonyl (C=O) groups is 1. The lowest BCUT2D eigenvalue weighted by molar-refractivity contribution is -0.119. The zero-order chi connectivity index (χ0) is 33.4. The van der Waals surface area contributed by atoms with Crippen LogP contribution in [0.2, 0.25) is 10.0 Å². The number of hydrogen-bond donors (Lipinski definition) is 1. The van der Waals surface area contributed by atoms with E-state index in [2.05, 4.69) is 26.5 Å². The predicted molar refractivity (Wildman–Crippen MR) is 182 cm³/mol. The maximum Gasteiger partial charge on any atom is 0.264 e. The number of amides is 1. The first kappa shape index (κ1) is 34.9. The number of ether oxygens (including phenoxy) is 4. The van der Waals surface area contributed by atoms with Crippen LogP contribution >= 0.6 is 39.1 Å². The SMILES string of the molecule is COc1ccc(OC)c(N(CC(=O)N/N=C\c2cc(Br)c(OCc3ccc(Cl)c(Cl)c3)c(OC)c2)S(=O)(=O)c2ccc(C)cc2)c1. The number of nitrogens with one attached hydrogen (secondary N) is 1. The Morgan fingerprint density at radius 1 is 0.913 bits per heavy atom. The van der Waals surface area contributed by atoms with Gasteiger partial charge in [0.2, 0.25) is 0 Å². The Bertz CT molecular complexity index is 1860. The minimum atomic E-state index is -4.22. The van der Waals surface area contributed by atoms with Crippen LogP contribution in [0.15, 0.2) is 87.3 Å². The highest BCUT2D eigenvalue weighted by Crippen LogP contribution is 2.38. The van der Waals surface area contributed by atoms with E-state index in [1.54, 1.807) is 54.6 Å². The van der Waals surface area contributed by atoms with E-state index < -0.39 is 22.5 Å². The summed E-state index contributed by atoms with van der Waals surface area (Å²) in [7, 11) is 0.134. The molecule has 0 atom stereocenters. The van der Waals surface area contributed by atoms with E-state index in [1.807, 2.05) is 6.92 Å². The Hall–Kier alpha value is -3.97. The molecule has 1 N–H and O–H groups in total. The number of benzene rings is 4. The van der Waals surface area contributed by atoms with E-state index in [-0.39, 0.29) is 22.9 Å². The van der Waals surface area contributed by atoms with Crippen LogP contribution in [0.1, 0.15) is 16.7 Å². The average Bonchev–Trinajstić information content (AvgIpc) is 3.04. The van der Waals surface area contributed by atoms with Crippen molar-refractivity contribution in [1.29, 1.82) is 0 Å². The van der Waals surface area contributed by atoms with Crippen molar-refractivity contribution < 1.29 is 32.2 Å². The van der Waals surface area contributed by atoms with Gasteiger partial charge in [0.25, 0.3) is 15.9 Å². The molecule has 14 heteroatoms. The average molecular weight is 751 g/mol. The quantitative estimate of drug-likeness (QED) is 0.115. The van der Waals surface area contributed by atoms with Gasteiger partial charge in [0.1, 0.15) is 24.7 Å². The van der Waals surface area contributed by atoms with Crippen molar-refractivity contribution in [2.24, 2.45) is 5.10 Å². The highest BCUT2D eigenvalue weighted by molar-refractivity contribution is 9.10. The lowest BCUT2D eigenvalue weighted by atomic mass is 10.2. The van der Waals surface area contributed by atoms with Gasteiger partial charge in [-0.2, -0.15) is 5.10 Å². The van der Waals surface area contributed by atoms with E-state index in [4.69, 9.17) is 42.1 Å². The first-order valence-electron chi connectivity index (χ1n) is 13.5. The number of sulfonamides is 1. The number of hydrogen-bond acceptors (Lipinski definition) is 8. The molecular weight excluding hydrogens is 721 g/mol. The van der Waals surface area contributed by atoms with Crippen molar-refractivity contribution in [3.8, 4) is 23.0 Å². The second kappa shape index (κ2) is 15.5. The maximum atomic E-state index is 13.8. The number of halogens is 3. The molecule has 0 aromatic heterocycles. The topological polar surface area (TPSA) is 116 Å². The van der Waals surface area contributed by atoms with Gasteiger partial charge in [-0.05, 0) is 82.5 Å². The number of aryl methyl sites for hydroxylation is 1. The minimum absolute atomic E-state index is 0.00214. The molecule has 0 saturated heterocycles. The van der Waals surface area contributed by atoms with Crippen molar-refractivity contribution in [2.45, 2.75) is 18.4 Å². The van der Waals surface area contributed by atoms with Gasteiger partial charge in [-0.25, -0.2) is 13.8 Å². The molecule has 0 saturated carbocycles. The minimum Gasteiger partial charge on any atom is -0.497 e. The van der Waals surface area contributed by atoms with Gasteiger partial charge in [0.05, 0.1) is 52.6 Å². The molecule has 0 unspecified atom stereocenters. The highest BCUT2D eigenvalue weighted by Gasteiger charge is 2.30. The van der Waals surface area contributed by atoms with E-state index >= 15 is 0 Å². The van der Waals surface area contributed by atoms with E-state index in [9.17, 15) is 13.2 Å². The van der Waals surface area contributed by atoms with Crippen LogP contribution in [0, 0.1) is 6.92 Å². The summed E-state index contributed by atoms with van der Waals surface area (Å²) in [6.45, 7) is 1.44. The molecule has 0 spiro atoms. The Labute approximate surface area is 286 Å². The van der Waals surface area contributed by atoms with Crippen LogP contribution in [0.4, 0.5) is 5.69 Å². The second-order valence-corrected chi connectivity index (χ2v) is 13.3. The summed E-state index contributed by atoms with van der Waals surface area (Å²) in [4.78, 5) is 13.1. The summed E-state index contributed by atoms with van der Waals surface area (Å²) in [6, 6.07) is 19.6. The van der Waals surface area contributed by atoms with Gasteiger partial charge in [-0.3, -0.25) is 9.10 Å². The van der Waals surface area contributed by atoms with Crippen molar-refractivity contribution in [1.82, 2.24) is 5.43 Å². The van der Waals surface area contributed by atoms with Crippen LogP contribution in [0.3, 0.4) is 0 Å². The summed E-state index contributed by atoms with van der Waals surface area (Å²) in [6.07, 6.45) is 1.39. The van der Waals surface area contributed by atoms with Crippen molar-refractivity contribution in [3.63, 3.8) is 0 Å². The van der Waals surface area contributed by atoms with Gasteiger partial charge in [-0.15, -0.1) is 0 Å². The summed E-state index contributed by atoms with van der Waals surface area (Å²) in [5.41, 5.74) is 4.76. The van der Waals surface area contributed by atoms with E-state index in [1.165, 1.54) is 45.7 Å². The molecule has 10 nitrogen and oxygen atoms in total. The van der Waals surface area contributed by atoms with Crippen LogP contribution in [0.5, 0.6) is 23.0 Å². The fourth-order valence-electron chi connectivity index (χ4n) is 4.21. The molecular formula is C32H30BrCl2N3O7S. The number of hydrazone groups is 1. The Balaban J connectivity index is 1.54. The van der Waals surface area contributed by atoms with E-state index in [0.29, 0.717) is 37.3 Å². The molecule has 0 fully saturated rings. The fourth-order valence-corrected chi connectivity index (χ4v) is 6.53. The Morgan fingerprint density at radius 3 is 2.28 bits per heavy atom. The highest BCUT2D eigenvalue weighted by atomic mass is 79.9. The first-order chi connectivity index (χ1) is 22.0. The molecule has 0 heterocycles. The second-order valence-electron chi connectivity index (χ2n) is 9.73. The Morgan fingerprint density at radius 2 is 1.63 bits per heavy atom. The van der Waals surface area contributed by atoms with Gasteiger partial charge >= 0.3 is 0 Å². The predicted octanol–water partition coefficient (Wildman–Crippen LogP) is 7.01. The molecule has 4 aromatic carbocycles. The van der Waals surface area contributed by atoms with Crippen molar-refractivity contribution in [3.05, 3.63) is 104 Å². The van der Waals surface area contributed by atoms with Gasteiger partial charge in [-0.1, -0.05) is 47.0 Å². The molecule has 1 amide bonds. The summed E-state index contributed by atoms with van der Waals surface area (Å²) < 4.78 is 51.4. The molecule has 0 bridgehead atoms. The monoisotopic (exact) mass is 749 g/mol. The molecule has 0 aliphatic carbocycles. The largest absolute Gasteiger partial charge is 0.497 e. The van der Waals surface area contributed by atoms with Crippen molar-refractivity contribution in [2.75, 3.05) is 32.2 Å². The van der Waals surface area contributed by atoms with Crippen LogP contribution in [-0.2, 0) is 21.4 Å². The molecule has 0 radical (unpaired) electrons. The molecule has 46 heavy (non-hydrogen) atoms. The van der Waals surface area contributed by atoms with Crippen LogP contribution in [-0.4, -0.2) is 48.4 Å². The van der Waals surface area contributed by atoms with Gasteiger partial charge in [0, 0.05) is 6.07 Å². The third kappa shape index (κ3) is 8.43. The maximum absolute atomic E-state index is 13.8. The zero-order valence-electron chi connectivity index (χ0n) is 25.2. The molecule has 242 valence electrons. The normalized spacial score (nSPS) is 11.3. The first-order valence-corrected chi connectivity index (χ1v) is 16.5. The molecule has 4 rings (SSSR count). The van der Waals surface area contributed by atoms with Crippen LogP contribution in [0.25, 0.3) is 0 Å². The Kier molecular flexibility index (Phi) is 11.8. The smallest absolute Gasteiger partial charge is 0.264 e. The lowest BCUT2D eigenvalue weighted by Crippen LogP contribution is -2.39. The third-order valence-electron chi connectivity index (χ3n) is 6.57. The standard InChI is InChI=1S/C32H30BrCl2N3O7S/c1-20-5-9-24(10-6-20)46(40,41)38(28-16-23(42-2)8-12-29(28)43-3)18-31(39)37-36-17-22-13-25(33)32(30(15-22)44-4)45-19-21-7-11-26(34)27(35)14-21/h5-17H,18-19H2,1-4H3,(H,37,39)/b36-17-. The van der Waals surface area contributed by atoms with Gasteiger partial charge < -0.3 is 18.9 Å². The zero-order valence-corrected chi connectivity index (χ0v) is 29.1. The number of rotatable bonds is 13. The third-order valence-corrected chi connectivity index (χ3v) is 9.67. The van der Waals surface area contributed by atoms with Crippen LogP contribution < -0.4 is 28.7 Å². The number of anilines is 1. The van der Waals surface area contributed by atoms with Gasteiger partial charge in [0.15, 0.2) is 11.5 Å². The van der Waals surface area contributed by atoms with E-state index in [0.717, 1.165) is 15.4 Å². The number of nitrogens with zero attached hydrogens (tertiary/aromatic N) is 2. The van der Waals surface area contributed by atoms with Crippen molar-refractivity contribution >= 4 is 67.0 Å².